The van der Waals surface area contributed by atoms with Gasteiger partial charge in [-0.2, -0.15) is 0 Å². The number of carbonyl (C=O) groups is 2. The van der Waals surface area contributed by atoms with Gasteiger partial charge in [-0.1, -0.05) is 55.5 Å². The third-order valence-corrected chi connectivity index (χ3v) is 6.41. The maximum atomic E-state index is 14.4. The van der Waals surface area contributed by atoms with E-state index in [4.69, 9.17) is 9.88 Å². The molecule has 0 saturated carbocycles. The second kappa shape index (κ2) is 9.20. The Balaban J connectivity index is 1.76. The first kappa shape index (κ1) is 23.3. The molecule has 0 radical (unpaired) electrons. The Morgan fingerprint density at radius 2 is 1.76 bits per heavy atom. The molecule has 34 heavy (non-hydrogen) atoms. The second-order valence-corrected chi connectivity index (χ2v) is 9.20. The standard InChI is InChI=1S/C25H21FN2O5S/c1-2-15-9-6-10-18-20(14-28-22(15)18)23(29)24(16-7-4-3-5-8-16)33-25(30)19-13-17(34(27,31)32)11-12-21(19)26/h3-14,24,28H,2H2,1H3,(H2,27,31,32). The number of ketones is 1. The quantitative estimate of drug-likeness (QED) is 0.302. The molecule has 0 saturated heterocycles. The number of carbonyl (C=O) groups excluding carboxylic acids is 2. The van der Waals surface area contributed by atoms with Crippen molar-refractivity contribution in [1.29, 1.82) is 0 Å². The molecule has 7 nitrogen and oxygen atoms in total. The summed E-state index contributed by atoms with van der Waals surface area (Å²) in [4.78, 5) is 29.2. The van der Waals surface area contributed by atoms with Crippen LogP contribution < -0.4 is 5.14 Å². The Morgan fingerprint density at radius 3 is 2.44 bits per heavy atom. The zero-order valence-corrected chi connectivity index (χ0v) is 18.9. The van der Waals surface area contributed by atoms with Gasteiger partial charge in [-0.3, -0.25) is 4.79 Å². The van der Waals surface area contributed by atoms with Gasteiger partial charge < -0.3 is 9.72 Å². The summed E-state index contributed by atoms with van der Waals surface area (Å²) in [6.07, 6.45) is 0.913. The summed E-state index contributed by atoms with van der Waals surface area (Å²) in [5, 5.41) is 5.77. The van der Waals surface area contributed by atoms with Gasteiger partial charge in [0.2, 0.25) is 15.8 Å². The molecule has 0 spiro atoms. The molecule has 1 heterocycles. The van der Waals surface area contributed by atoms with Crippen LogP contribution in [0.5, 0.6) is 0 Å². The number of aromatic amines is 1. The van der Waals surface area contributed by atoms with Gasteiger partial charge in [0.1, 0.15) is 5.82 Å². The molecule has 0 aliphatic heterocycles. The molecule has 1 atom stereocenters. The SMILES string of the molecule is CCc1cccc2c(C(=O)C(OC(=O)c3cc(S(N)(=O)=O)ccc3F)c3ccccc3)c[nH]c12. The average molecular weight is 481 g/mol. The lowest BCUT2D eigenvalue weighted by Crippen LogP contribution is -2.21. The number of nitrogens with one attached hydrogen (secondary N) is 1. The van der Waals surface area contributed by atoms with E-state index in [2.05, 4.69) is 4.98 Å². The maximum Gasteiger partial charge on any atom is 0.342 e. The number of sulfonamides is 1. The monoisotopic (exact) mass is 480 g/mol. The highest BCUT2D eigenvalue weighted by Crippen LogP contribution is 2.30. The number of aryl methyl sites for hydroxylation is 1. The number of fused-ring (bicyclic) bond motifs is 1. The van der Waals surface area contributed by atoms with Crippen molar-refractivity contribution in [3.05, 3.63) is 101 Å². The van der Waals surface area contributed by atoms with Gasteiger partial charge in [-0.25, -0.2) is 22.7 Å². The predicted molar refractivity (Wildman–Crippen MR) is 124 cm³/mol. The summed E-state index contributed by atoms with van der Waals surface area (Å²) in [7, 11) is -4.18. The van der Waals surface area contributed by atoms with E-state index in [1.807, 2.05) is 19.1 Å². The lowest BCUT2D eigenvalue weighted by atomic mass is 9.98. The number of nitrogens with two attached hydrogens (primary N) is 1. The van der Waals surface area contributed by atoms with Gasteiger partial charge in [0.15, 0.2) is 6.10 Å². The third-order valence-electron chi connectivity index (χ3n) is 5.50. The van der Waals surface area contributed by atoms with E-state index in [9.17, 15) is 22.4 Å². The molecular weight excluding hydrogens is 459 g/mol. The van der Waals surface area contributed by atoms with Crippen molar-refractivity contribution in [3.8, 4) is 0 Å². The largest absolute Gasteiger partial charge is 0.445 e. The van der Waals surface area contributed by atoms with Crippen molar-refractivity contribution in [3.63, 3.8) is 0 Å². The Kier molecular flexibility index (Phi) is 6.32. The van der Waals surface area contributed by atoms with Crippen LogP contribution in [-0.2, 0) is 21.2 Å². The van der Waals surface area contributed by atoms with Gasteiger partial charge >= 0.3 is 5.97 Å². The van der Waals surface area contributed by atoms with Crippen LogP contribution in [-0.4, -0.2) is 25.2 Å². The molecule has 0 amide bonds. The molecule has 0 fully saturated rings. The number of rotatable bonds is 7. The normalized spacial score (nSPS) is 12.4. The number of aromatic nitrogens is 1. The summed E-state index contributed by atoms with van der Waals surface area (Å²) in [5.41, 5.74) is 1.87. The number of primary sulfonamides is 1. The van der Waals surface area contributed by atoms with E-state index in [0.717, 1.165) is 35.7 Å². The molecule has 0 bridgehead atoms. The number of benzene rings is 3. The lowest BCUT2D eigenvalue weighted by molar-refractivity contribution is 0.0276. The van der Waals surface area contributed by atoms with E-state index < -0.39 is 44.2 Å². The molecular formula is C25H21FN2O5S. The van der Waals surface area contributed by atoms with Crippen LogP contribution in [0.3, 0.4) is 0 Å². The van der Waals surface area contributed by atoms with Crippen LogP contribution in [0.2, 0.25) is 0 Å². The molecule has 174 valence electrons. The van der Waals surface area contributed by atoms with E-state index in [1.54, 1.807) is 42.6 Å². The van der Waals surface area contributed by atoms with Crippen LogP contribution in [0, 0.1) is 5.82 Å². The fourth-order valence-electron chi connectivity index (χ4n) is 3.77. The first-order valence-corrected chi connectivity index (χ1v) is 12.0. The fraction of sp³-hybridized carbons (Fsp3) is 0.120. The van der Waals surface area contributed by atoms with Crippen LogP contribution in [0.25, 0.3) is 10.9 Å². The zero-order valence-electron chi connectivity index (χ0n) is 18.1. The molecule has 3 N–H and O–H groups in total. The number of Topliss-reactive ketones (excluding diaryl/α,β-unsaturated/α-hetero) is 1. The fourth-order valence-corrected chi connectivity index (χ4v) is 4.31. The number of para-hydroxylation sites is 1. The molecule has 4 aromatic rings. The summed E-state index contributed by atoms with van der Waals surface area (Å²) in [6.45, 7) is 2.00. The van der Waals surface area contributed by atoms with Crippen molar-refractivity contribution in [2.45, 2.75) is 24.3 Å². The van der Waals surface area contributed by atoms with Gasteiger partial charge in [0, 0.05) is 28.2 Å². The van der Waals surface area contributed by atoms with Gasteiger partial charge in [0.25, 0.3) is 0 Å². The molecule has 4 rings (SSSR count). The van der Waals surface area contributed by atoms with E-state index >= 15 is 0 Å². The van der Waals surface area contributed by atoms with Crippen molar-refractivity contribution < 1.29 is 27.1 Å². The molecule has 0 aliphatic rings. The molecule has 1 unspecified atom stereocenters. The summed E-state index contributed by atoms with van der Waals surface area (Å²) in [6, 6.07) is 16.4. The van der Waals surface area contributed by atoms with Crippen LogP contribution in [0.15, 0.2) is 77.8 Å². The average Bonchev–Trinajstić information content (AvgIpc) is 3.26. The minimum Gasteiger partial charge on any atom is -0.445 e. The summed E-state index contributed by atoms with van der Waals surface area (Å²) < 4.78 is 43.2. The summed E-state index contributed by atoms with van der Waals surface area (Å²) >= 11 is 0. The molecule has 3 aromatic carbocycles. The highest BCUT2D eigenvalue weighted by Gasteiger charge is 2.30. The summed E-state index contributed by atoms with van der Waals surface area (Å²) in [5.74, 6) is -2.71. The Labute approximate surface area is 195 Å². The van der Waals surface area contributed by atoms with E-state index in [0.29, 0.717) is 16.5 Å². The molecule has 9 heteroatoms. The van der Waals surface area contributed by atoms with Gasteiger partial charge in [0.05, 0.1) is 10.5 Å². The Hall–Kier alpha value is -3.82. The smallest absolute Gasteiger partial charge is 0.342 e. The van der Waals surface area contributed by atoms with Crippen molar-refractivity contribution >= 4 is 32.7 Å². The topological polar surface area (TPSA) is 119 Å². The van der Waals surface area contributed by atoms with Crippen LogP contribution in [0.1, 0.15) is 44.9 Å². The Bertz CT molecular complexity index is 1500. The number of hydrogen-bond donors (Lipinski definition) is 2. The van der Waals surface area contributed by atoms with E-state index in [-0.39, 0.29) is 0 Å². The van der Waals surface area contributed by atoms with Crippen LogP contribution >= 0.6 is 0 Å². The number of hydrogen-bond acceptors (Lipinski definition) is 5. The number of esters is 1. The van der Waals surface area contributed by atoms with Crippen molar-refractivity contribution in [2.24, 2.45) is 5.14 Å². The van der Waals surface area contributed by atoms with Gasteiger partial charge in [-0.15, -0.1) is 0 Å². The second-order valence-electron chi connectivity index (χ2n) is 7.64. The van der Waals surface area contributed by atoms with Gasteiger partial charge in [-0.05, 0) is 30.2 Å². The number of H-pyrrole nitrogens is 1. The number of halogens is 1. The highest BCUT2D eigenvalue weighted by atomic mass is 32.2. The first-order valence-electron chi connectivity index (χ1n) is 10.4. The minimum atomic E-state index is -4.18. The Morgan fingerprint density at radius 1 is 1.03 bits per heavy atom. The van der Waals surface area contributed by atoms with E-state index in [1.165, 1.54) is 0 Å². The third kappa shape index (κ3) is 4.48. The number of ether oxygens (including phenoxy) is 1. The maximum absolute atomic E-state index is 14.4. The molecule has 1 aromatic heterocycles. The zero-order chi connectivity index (χ0) is 24.5. The lowest BCUT2D eigenvalue weighted by Gasteiger charge is -2.18. The molecule has 0 aliphatic carbocycles. The van der Waals surface area contributed by atoms with Crippen molar-refractivity contribution in [1.82, 2.24) is 4.98 Å². The van der Waals surface area contributed by atoms with Crippen molar-refractivity contribution in [2.75, 3.05) is 0 Å². The first-order chi connectivity index (χ1) is 16.2. The highest BCUT2D eigenvalue weighted by molar-refractivity contribution is 7.89. The van der Waals surface area contributed by atoms with Crippen LogP contribution in [0.4, 0.5) is 4.39 Å². The predicted octanol–water partition coefficient (Wildman–Crippen LogP) is 4.30. The minimum absolute atomic E-state index is 0.311.